The van der Waals surface area contributed by atoms with E-state index in [0.717, 1.165) is 42.0 Å². The Bertz CT molecular complexity index is 1450. The lowest BCUT2D eigenvalue weighted by atomic mass is 10.1. The minimum absolute atomic E-state index is 0.118. The number of sulfonamides is 1. The third-order valence-corrected chi connectivity index (χ3v) is 9.68. The molecule has 0 spiro atoms. The summed E-state index contributed by atoms with van der Waals surface area (Å²) in [4.78, 5) is 28.5. The summed E-state index contributed by atoms with van der Waals surface area (Å²) < 4.78 is 27.9. The number of rotatable bonds is 9. The van der Waals surface area contributed by atoms with Gasteiger partial charge in [0, 0.05) is 36.0 Å². The van der Waals surface area contributed by atoms with Crippen LogP contribution in [0.5, 0.6) is 0 Å². The molecule has 1 unspecified atom stereocenters. The molecule has 1 aliphatic carbocycles. The largest absolute Gasteiger partial charge is 0.352 e. The van der Waals surface area contributed by atoms with E-state index in [0.29, 0.717) is 22.0 Å². The maximum Gasteiger partial charge on any atom is 0.265 e. The molecular weight excluding hydrogens is 522 g/mol. The number of benzene rings is 3. The zero-order valence-corrected chi connectivity index (χ0v) is 23.0. The average molecular weight is 554 g/mol. The highest BCUT2D eigenvalue weighted by molar-refractivity contribution is 7.93. The number of halogens is 1. The summed E-state index contributed by atoms with van der Waals surface area (Å²) in [6, 6.07) is 17.5. The van der Waals surface area contributed by atoms with Crippen molar-refractivity contribution in [1.82, 2.24) is 10.2 Å². The van der Waals surface area contributed by atoms with Crippen molar-refractivity contribution in [3.8, 4) is 0 Å². The Morgan fingerprint density at radius 1 is 1.05 bits per heavy atom. The molecule has 1 atom stereocenters. The maximum atomic E-state index is 13.5. The van der Waals surface area contributed by atoms with Crippen LogP contribution in [0.2, 0.25) is 5.02 Å². The Hall–Kier alpha value is -3.10. The standard InChI is InChI=1S/C29H32ClN3O4S/c1-20(29(35)31-24-9-2-3-10-24)32(19-21-14-16-23(30)17-15-21)27(34)13-6-18-33-25-11-4-7-22-8-5-12-26(28(22)25)38(33,36)37/h4-5,7-8,11-12,14-17,20,24H,2-3,6,9-10,13,18-19H2,1H3,(H,31,35). The predicted octanol–water partition coefficient (Wildman–Crippen LogP) is 5.26. The van der Waals surface area contributed by atoms with Gasteiger partial charge in [0.1, 0.15) is 6.04 Å². The Morgan fingerprint density at radius 2 is 1.74 bits per heavy atom. The molecule has 0 bridgehead atoms. The zero-order chi connectivity index (χ0) is 26.9. The van der Waals surface area contributed by atoms with Crippen molar-refractivity contribution >= 4 is 49.9 Å². The SMILES string of the molecule is CC(C(=O)NC1CCCC1)N(Cc1ccc(Cl)cc1)C(=O)CCCN1c2cccc3cccc(c23)S1(=O)=O. The molecule has 7 nitrogen and oxygen atoms in total. The van der Waals surface area contributed by atoms with Crippen LogP contribution in [0.1, 0.15) is 51.0 Å². The molecule has 1 saturated carbocycles. The maximum absolute atomic E-state index is 13.5. The number of nitrogens with one attached hydrogen (secondary N) is 1. The van der Waals surface area contributed by atoms with Crippen molar-refractivity contribution in [1.29, 1.82) is 0 Å². The molecule has 200 valence electrons. The lowest BCUT2D eigenvalue weighted by Crippen LogP contribution is -2.49. The quantitative estimate of drug-likeness (QED) is 0.392. The van der Waals surface area contributed by atoms with Gasteiger partial charge in [-0.15, -0.1) is 0 Å². The summed E-state index contributed by atoms with van der Waals surface area (Å²) in [5.41, 5.74) is 1.51. The van der Waals surface area contributed by atoms with Crippen LogP contribution in [0.4, 0.5) is 5.69 Å². The van der Waals surface area contributed by atoms with E-state index in [-0.39, 0.29) is 37.4 Å². The van der Waals surface area contributed by atoms with Crippen LogP contribution in [0.15, 0.2) is 65.6 Å². The number of carbonyl (C=O) groups excluding carboxylic acids is 2. The molecule has 1 aliphatic heterocycles. The van der Waals surface area contributed by atoms with Crippen molar-refractivity contribution in [2.24, 2.45) is 0 Å². The van der Waals surface area contributed by atoms with Gasteiger partial charge < -0.3 is 10.2 Å². The monoisotopic (exact) mass is 553 g/mol. The summed E-state index contributed by atoms with van der Waals surface area (Å²) in [6.07, 6.45) is 4.57. The van der Waals surface area contributed by atoms with E-state index in [9.17, 15) is 18.0 Å². The molecule has 3 aromatic carbocycles. The van der Waals surface area contributed by atoms with Crippen molar-refractivity contribution in [3.05, 3.63) is 71.2 Å². The van der Waals surface area contributed by atoms with Crippen LogP contribution in [0.25, 0.3) is 10.8 Å². The smallest absolute Gasteiger partial charge is 0.265 e. The number of nitrogens with zero attached hydrogens (tertiary/aromatic N) is 2. The minimum Gasteiger partial charge on any atom is -0.352 e. The van der Waals surface area contributed by atoms with Gasteiger partial charge in [-0.1, -0.05) is 60.8 Å². The number of hydrogen-bond donors (Lipinski definition) is 1. The summed E-state index contributed by atoms with van der Waals surface area (Å²) in [5.74, 6) is -0.357. The first-order chi connectivity index (χ1) is 18.3. The summed E-state index contributed by atoms with van der Waals surface area (Å²) in [6.45, 7) is 2.20. The lowest BCUT2D eigenvalue weighted by Gasteiger charge is -2.30. The molecule has 38 heavy (non-hydrogen) atoms. The zero-order valence-electron chi connectivity index (χ0n) is 21.4. The first-order valence-electron chi connectivity index (χ1n) is 13.1. The van der Waals surface area contributed by atoms with E-state index < -0.39 is 16.1 Å². The van der Waals surface area contributed by atoms with E-state index in [4.69, 9.17) is 11.6 Å². The highest BCUT2D eigenvalue weighted by atomic mass is 35.5. The van der Waals surface area contributed by atoms with Crippen LogP contribution >= 0.6 is 11.6 Å². The van der Waals surface area contributed by atoms with E-state index in [1.165, 1.54) is 4.31 Å². The molecule has 1 N–H and O–H groups in total. The molecule has 3 aromatic rings. The van der Waals surface area contributed by atoms with E-state index in [2.05, 4.69) is 5.32 Å². The van der Waals surface area contributed by atoms with E-state index in [1.54, 1.807) is 42.2 Å². The lowest BCUT2D eigenvalue weighted by molar-refractivity contribution is -0.141. The summed E-state index contributed by atoms with van der Waals surface area (Å²) in [5, 5.41) is 5.30. The van der Waals surface area contributed by atoms with Crippen LogP contribution < -0.4 is 9.62 Å². The molecule has 0 aromatic heterocycles. The second-order valence-electron chi connectivity index (χ2n) is 10.1. The van der Waals surface area contributed by atoms with Gasteiger partial charge in [-0.2, -0.15) is 0 Å². The highest BCUT2D eigenvalue weighted by Gasteiger charge is 2.35. The van der Waals surface area contributed by atoms with Gasteiger partial charge in [0.05, 0.1) is 10.6 Å². The fourth-order valence-corrected chi connectivity index (χ4v) is 7.35. The van der Waals surface area contributed by atoms with Gasteiger partial charge in [-0.3, -0.25) is 13.9 Å². The second-order valence-corrected chi connectivity index (χ2v) is 12.4. The number of hydrogen-bond acceptors (Lipinski definition) is 4. The number of amides is 2. The molecule has 0 radical (unpaired) electrons. The predicted molar refractivity (Wildman–Crippen MR) is 150 cm³/mol. The minimum atomic E-state index is -3.68. The fourth-order valence-electron chi connectivity index (χ4n) is 5.48. The van der Waals surface area contributed by atoms with Gasteiger partial charge in [0.15, 0.2) is 0 Å². The summed E-state index contributed by atoms with van der Waals surface area (Å²) >= 11 is 6.04. The Morgan fingerprint density at radius 3 is 2.45 bits per heavy atom. The van der Waals surface area contributed by atoms with Crippen LogP contribution in [0.3, 0.4) is 0 Å². The van der Waals surface area contributed by atoms with Crippen molar-refractivity contribution in [3.63, 3.8) is 0 Å². The second kappa shape index (κ2) is 10.9. The van der Waals surface area contributed by atoms with Crippen LogP contribution in [-0.4, -0.2) is 43.8 Å². The fraction of sp³-hybridized carbons (Fsp3) is 0.379. The topological polar surface area (TPSA) is 86.8 Å². The van der Waals surface area contributed by atoms with Gasteiger partial charge >= 0.3 is 0 Å². The van der Waals surface area contributed by atoms with Crippen molar-refractivity contribution in [2.45, 2.75) is 69.0 Å². The van der Waals surface area contributed by atoms with E-state index in [1.807, 2.05) is 30.3 Å². The van der Waals surface area contributed by atoms with Gasteiger partial charge in [-0.05, 0) is 61.4 Å². The number of anilines is 1. The molecule has 1 heterocycles. The molecular formula is C29H32ClN3O4S. The third kappa shape index (κ3) is 5.24. The molecule has 5 rings (SSSR count). The first kappa shape index (κ1) is 26.5. The van der Waals surface area contributed by atoms with Crippen LogP contribution in [0, 0.1) is 0 Å². The Balaban J connectivity index is 1.29. The molecule has 0 saturated heterocycles. The Labute approximate surface area is 228 Å². The van der Waals surface area contributed by atoms with Gasteiger partial charge in [-0.25, -0.2) is 8.42 Å². The van der Waals surface area contributed by atoms with Crippen molar-refractivity contribution < 1.29 is 18.0 Å². The third-order valence-electron chi connectivity index (χ3n) is 7.57. The molecule has 9 heteroatoms. The normalized spacial score (nSPS) is 17.1. The summed E-state index contributed by atoms with van der Waals surface area (Å²) in [7, 11) is -3.68. The first-order valence-corrected chi connectivity index (χ1v) is 15.0. The van der Waals surface area contributed by atoms with Gasteiger partial charge in [0.2, 0.25) is 11.8 Å². The molecule has 2 aliphatic rings. The van der Waals surface area contributed by atoms with Gasteiger partial charge in [0.25, 0.3) is 10.0 Å². The molecule has 1 fully saturated rings. The van der Waals surface area contributed by atoms with E-state index >= 15 is 0 Å². The highest BCUT2D eigenvalue weighted by Crippen LogP contribution is 2.42. The van der Waals surface area contributed by atoms with Crippen LogP contribution in [-0.2, 0) is 26.2 Å². The average Bonchev–Trinajstić information content (AvgIpc) is 3.49. The Kier molecular flexibility index (Phi) is 7.63. The number of carbonyl (C=O) groups is 2. The molecule has 2 amide bonds. The van der Waals surface area contributed by atoms with Crippen molar-refractivity contribution in [2.75, 3.05) is 10.8 Å².